The van der Waals surface area contributed by atoms with E-state index in [-0.39, 0.29) is 31.1 Å². The summed E-state index contributed by atoms with van der Waals surface area (Å²) in [4.78, 5) is 18.1. The molecule has 11 nitrogen and oxygen atoms in total. The van der Waals surface area contributed by atoms with Crippen LogP contribution in [-0.4, -0.2) is 99.7 Å². The van der Waals surface area contributed by atoms with Crippen LogP contribution >= 0.6 is 0 Å². The minimum absolute atomic E-state index is 0.0139. The maximum absolute atomic E-state index is 13.9. The summed E-state index contributed by atoms with van der Waals surface area (Å²) in [5.74, 6) is 1.45. The van der Waals surface area contributed by atoms with E-state index in [9.17, 15) is 4.79 Å². The van der Waals surface area contributed by atoms with Gasteiger partial charge in [0.25, 0.3) is 5.91 Å². The fraction of sp³-hybridized carbons (Fsp3) is 0.500. The van der Waals surface area contributed by atoms with E-state index in [0.717, 1.165) is 53.2 Å². The van der Waals surface area contributed by atoms with Crippen LogP contribution in [0, 0.1) is 5.92 Å². The number of amides is 1. The van der Waals surface area contributed by atoms with Crippen molar-refractivity contribution in [1.29, 1.82) is 0 Å². The lowest BCUT2D eigenvalue weighted by Gasteiger charge is -2.39. The van der Waals surface area contributed by atoms with Crippen molar-refractivity contribution in [2.24, 2.45) is 5.92 Å². The van der Waals surface area contributed by atoms with E-state index in [1.54, 1.807) is 6.26 Å². The molecule has 0 saturated carbocycles. The van der Waals surface area contributed by atoms with Gasteiger partial charge in [-0.2, -0.15) is 0 Å². The fourth-order valence-electron chi connectivity index (χ4n) is 6.21. The Labute approximate surface area is 263 Å². The minimum atomic E-state index is -0.626. The molecule has 1 N–H and O–H groups in total. The molecule has 4 heterocycles. The normalized spacial score (nSPS) is 21.6. The summed E-state index contributed by atoms with van der Waals surface area (Å²) in [6, 6.07) is 14.0. The Balaban J connectivity index is 1.15. The highest BCUT2D eigenvalue weighted by Crippen LogP contribution is 2.42. The minimum Gasteiger partial charge on any atom is -0.464 e. The van der Waals surface area contributed by atoms with Crippen molar-refractivity contribution in [3.05, 3.63) is 71.7 Å². The maximum atomic E-state index is 13.9. The number of rotatable bonds is 14. The van der Waals surface area contributed by atoms with Crippen LogP contribution in [0.4, 0.5) is 0 Å². The summed E-state index contributed by atoms with van der Waals surface area (Å²) >= 11 is 0. The van der Waals surface area contributed by atoms with Crippen molar-refractivity contribution in [1.82, 2.24) is 9.80 Å². The molecule has 1 amide bonds. The quantitative estimate of drug-likeness (QED) is 0.266. The summed E-state index contributed by atoms with van der Waals surface area (Å²) in [6.45, 7) is 7.67. The second-order valence-corrected chi connectivity index (χ2v) is 11.3. The number of furan rings is 1. The van der Waals surface area contributed by atoms with Crippen LogP contribution in [0.25, 0.3) is 11.0 Å². The first-order chi connectivity index (χ1) is 22.1. The van der Waals surface area contributed by atoms with Crippen LogP contribution in [-0.2, 0) is 30.3 Å². The summed E-state index contributed by atoms with van der Waals surface area (Å²) in [5, 5.41) is 9.91. The Hall–Kier alpha value is -3.61. The second kappa shape index (κ2) is 15.1. The van der Waals surface area contributed by atoms with Crippen molar-refractivity contribution >= 4 is 16.9 Å². The van der Waals surface area contributed by atoms with Crippen LogP contribution in [0.2, 0.25) is 0 Å². The van der Waals surface area contributed by atoms with Crippen LogP contribution in [0.5, 0.6) is 11.5 Å². The molecule has 11 heteroatoms. The fourth-order valence-corrected chi connectivity index (χ4v) is 6.21. The third kappa shape index (κ3) is 7.45. The molecule has 0 radical (unpaired) electrons. The zero-order valence-corrected chi connectivity index (χ0v) is 25.7. The molecule has 3 aliphatic heterocycles. The Morgan fingerprint density at radius 1 is 0.978 bits per heavy atom. The zero-order valence-electron chi connectivity index (χ0n) is 25.7. The molecule has 45 heavy (non-hydrogen) atoms. The molecule has 1 fully saturated rings. The summed E-state index contributed by atoms with van der Waals surface area (Å²) < 4.78 is 40.5. The Morgan fingerprint density at radius 3 is 2.60 bits per heavy atom. The van der Waals surface area contributed by atoms with E-state index in [1.807, 2.05) is 54.3 Å². The number of nitrogens with zero attached hydrogens (tertiary/aromatic N) is 2. The van der Waals surface area contributed by atoms with E-state index in [0.29, 0.717) is 58.3 Å². The molecule has 0 aliphatic carbocycles. The predicted molar refractivity (Wildman–Crippen MR) is 165 cm³/mol. The highest BCUT2D eigenvalue weighted by atomic mass is 16.7. The van der Waals surface area contributed by atoms with Gasteiger partial charge in [-0.1, -0.05) is 24.3 Å². The van der Waals surface area contributed by atoms with Crippen molar-refractivity contribution in [3.8, 4) is 11.5 Å². The molecule has 0 bridgehead atoms. The van der Waals surface area contributed by atoms with Gasteiger partial charge in [0.15, 0.2) is 17.3 Å². The first-order valence-corrected chi connectivity index (χ1v) is 15.8. The Morgan fingerprint density at radius 2 is 1.78 bits per heavy atom. The highest BCUT2D eigenvalue weighted by Gasteiger charge is 2.40. The average molecular weight is 623 g/mol. The molecule has 2 aromatic carbocycles. The lowest BCUT2D eigenvalue weighted by atomic mass is 9.81. The van der Waals surface area contributed by atoms with E-state index in [2.05, 4.69) is 11.0 Å². The number of carbonyl (C=O) groups excluding carboxylic acids is 1. The standard InChI is InChI=1S/C34H42N2O9/c1-2-41-34-26(9-15-39-17-18-40-16-14-37)27(28-22-42-29-6-4-3-5-25(28)29)20-32(45-34)33(38)36-12-10-35(11-13-36)21-24-7-8-30-31(19-24)44-23-43-30/h3-8,19-20,22,26-27,34,37H,2,9-18,21,23H2,1H3/t26-,27+,34-/m0/s1. The second-order valence-electron chi connectivity index (χ2n) is 11.3. The van der Waals surface area contributed by atoms with Crippen LogP contribution in [0.1, 0.15) is 30.4 Å². The molecule has 242 valence electrons. The molecular formula is C34H42N2O9. The van der Waals surface area contributed by atoms with Gasteiger partial charge in [0.1, 0.15) is 5.58 Å². The highest BCUT2D eigenvalue weighted by molar-refractivity contribution is 5.92. The Kier molecular flexibility index (Phi) is 10.5. The SMILES string of the molecule is CCO[C@H]1OC(C(=O)N2CCN(Cc3ccc4c(c3)OCO4)CC2)=C[C@@H](c2coc3ccccc23)[C@@H]1CCOCCOCCO. The van der Waals surface area contributed by atoms with Crippen molar-refractivity contribution in [3.63, 3.8) is 0 Å². The summed E-state index contributed by atoms with van der Waals surface area (Å²) in [6.07, 6.45) is 3.75. The topological polar surface area (TPSA) is 112 Å². The summed E-state index contributed by atoms with van der Waals surface area (Å²) in [5.41, 5.74) is 2.94. The molecule has 1 saturated heterocycles. The van der Waals surface area contributed by atoms with Crippen molar-refractivity contribution in [2.45, 2.75) is 32.1 Å². The monoisotopic (exact) mass is 622 g/mol. The number of benzene rings is 2. The molecule has 3 aromatic rings. The number of ether oxygens (including phenoxy) is 6. The lowest BCUT2D eigenvalue weighted by molar-refractivity contribution is -0.172. The number of piperazine rings is 1. The maximum Gasteiger partial charge on any atom is 0.288 e. The number of carbonyl (C=O) groups is 1. The number of fused-ring (bicyclic) bond motifs is 2. The van der Waals surface area contributed by atoms with E-state index >= 15 is 0 Å². The van der Waals surface area contributed by atoms with Crippen LogP contribution in [0.3, 0.4) is 0 Å². The van der Waals surface area contributed by atoms with Crippen LogP contribution < -0.4 is 9.47 Å². The zero-order chi connectivity index (χ0) is 31.0. The van der Waals surface area contributed by atoms with Gasteiger partial charge in [0, 0.05) is 68.7 Å². The first-order valence-electron chi connectivity index (χ1n) is 15.8. The van der Waals surface area contributed by atoms with Crippen molar-refractivity contribution in [2.75, 3.05) is 72.6 Å². The Bertz CT molecular complexity index is 1450. The number of aliphatic hydroxyl groups is 1. The van der Waals surface area contributed by atoms with Crippen molar-refractivity contribution < 1.29 is 42.7 Å². The number of allylic oxidation sites excluding steroid dienone is 1. The van der Waals surface area contributed by atoms with Gasteiger partial charge in [-0.05, 0) is 43.2 Å². The molecular weight excluding hydrogens is 580 g/mol. The third-order valence-corrected chi connectivity index (χ3v) is 8.50. The molecule has 3 atom stereocenters. The van der Waals surface area contributed by atoms with Gasteiger partial charge in [0.2, 0.25) is 13.1 Å². The number of hydrogen-bond acceptors (Lipinski definition) is 10. The van der Waals surface area contributed by atoms with E-state index in [1.165, 1.54) is 0 Å². The van der Waals surface area contributed by atoms with Gasteiger partial charge >= 0.3 is 0 Å². The van der Waals surface area contributed by atoms with Gasteiger partial charge in [-0.3, -0.25) is 9.69 Å². The molecule has 1 aromatic heterocycles. The van der Waals surface area contributed by atoms with Gasteiger partial charge in [0.05, 0.1) is 32.7 Å². The number of hydrogen-bond donors (Lipinski definition) is 1. The number of aliphatic hydroxyl groups excluding tert-OH is 1. The average Bonchev–Trinajstić information content (AvgIpc) is 3.72. The lowest BCUT2D eigenvalue weighted by Crippen LogP contribution is -2.50. The largest absolute Gasteiger partial charge is 0.464 e. The molecule has 0 unspecified atom stereocenters. The molecule has 3 aliphatic rings. The predicted octanol–water partition coefficient (Wildman–Crippen LogP) is 3.90. The third-order valence-electron chi connectivity index (χ3n) is 8.50. The van der Waals surface area contributed by atoms with E-state index in [4.69, 9.17) is 37.9 Å². The number of para-hydroxylation sites is 1. The smallest absolute Gasteiger partial charge is 0.288 e. The van der Waals surface area contributed by atoms with Gasteiger partial charge < -0.3 is 42.8 Å². The van der Waals surface area contributed by atoms with Gasteiger partial charge in [-0.15, -0.1) is 0 Å². The van der Waals surface area contributed by atoms with Gasteiger partial charge in [-0.25, -0.2) is 0 Å². The van der Waals surface area contributed by atoms with Crippen LogP contribution in [0.15, 0.2) is 65.0 Å². The molecule has 6 rings (SSSR count). The van der Waals surface area contributed by atoms with E-state index < -0.39 is 6.29 Å². The molecule has 0 spiro atoms. The summed E-state index contributed by atoms with van der Waals surface area (Å²) in [7, 11) is 0. The first kappa shape index (κ1) is 31.4.